The highest BCUT2D eigenvalue weighted by Gasteiger charge is 2.48. The standard InChI is InChI=1S/C27H37N3O4S.C24H29F3N4O3S.C22H28FN5O5S/c1-20-17-26(2,3)30(18-20)25-21(11-10-16-28-25)22(31)19-35(32,33)24-13-9-12-23(29-24)34-27(4)14-7-5-6-8-15-27;1-16-13-23(2,3)31(14-16)22-17(7-5-11-28-22)18(32)15-35(33,34)21-10-4-9-20(29-21)30-12-6-8-19(30)24(25,26)27;1-13-10-22(2,3)28(11-13)19-15(9-16(23)21(26-19)33-14-7-8-32-12-14)20(29)27-34(30,31)18-6-4-5-17(24)25-18/h9-13,16,20H,5-8,14-15,17-19H2,1-4H3;4-5,7,9-11,16,19H,6,8,12-15H2,1-3H3;4-6,9,13-14H,7-8,10-12H2,1-3H3,(H2,24,25)(H,27,29)/t;;13-,14-/m..0/s1. The summed E-state index contributed by atoms with van der Waals surface area (Å²) < 4.78 is 153. The molecule has 12 rings (SSSR count). The molecule has 6 aliphatic rings. The molecule has 1 amide bonds. The van der Waals surface area contributed by atoms with Crippen molar-refractivity contribution in [1.29, 1.82) is 0 Å². The van der Waals surface area contributed by atoms with Gasteiger partial charge in [-0.1, -0.05) is 51.8 Å². The fourth-order valence-electron chi connectivity index (χ4n) is 15.3. The molecule has 104 heavy (non-hydrogen) atoms. The zero-order valence-corrected chi connectivity index (χ0v) is 62.9. The van der Waals surface area contributed by atoms with Crippen LogP contribution in [0.2, 0.25) is 0 Å². The molecule has 0 bridgehead atoms. The lowest BCUT2D eigenvalue weighted by Gasteiger charge is -2.34. The predicted molar refractivity (Wildman–Crippen MR) is 386 cm³/mol. The Kier molecular flexibility index (Phi) is 23.5. The third kappa shape index (κ3) is 18.5. The van der Waals surface area contributed by atoms with E-state index in [1.165, 1.54) is 55.3 Å². The minimum Gasteiger partial charge on any atom is -0.471 e. The lowest BCUT2D eigenvalue weighted by atomic mass is 9.97. The largest absolute Gasteiger partial charge is 0.471 e. The van der Waals surface area contributed by atoms with Crippen LogP contribution in [0.5, 0.6) is 11.8 Å². The Hall–Kier alpha value is -8.16. The number of nitrogens with zero attached hydrogens (tertiary/aromatic N) is 10. The van der Waals surface area contributed by atoms with Crippen molar-refractivity contribution in [2.45, 2.75) is 202 Å². The van der Waals surface area contributed by atoms with Crippen LogP contribution in [0.4, 0.5) is 46.7 Å². The Balaban J connectivity index is 0.000000167. The van der Waals surface area contributed by atoms with Gasteiger partial charge in [-0.05, 0) is 185 Å². The van der Waals surface area contributed by atoms with Crippen molar-refractivity contribution < 1.29 is 71.4 Å². The molecule has 6 aromatic heterocycles. The summed E-state index contributed by atoms with van der Waals surface area (Å²) >= 11 is 0. The topological polar surface area (TPSA) is 310 Å². The van der Waals surface area contributed by atoms with Gasteiger partial charge in [0.15, 0.2) is 32.5 Å². The van der Waals surface area contributed by atoms with Gasteiger partial charge in [0.25, 0.3) is 21.8 Å². The zero-order chi connectivity index (χ0) is 75.5. The van der Waals surface area contributed by atoms with Gasteiger partial charge in [0.1, 0.15) is 58.3 Å². The molecular weight excluding hydrogens is 1410 g/mol. The number of nitrogens with one attached hydrogen (secondary N) is 1. The van der Waals surface area contributed by atoms with Crippen LogP contribution in [-0.4, -0.2) is 164 Å². The van der Waals surface area contributed by atoms with Crippen LogP contribution in [0.3, 0.4) is 0 Å². The molecule has 5 atom stereocenters. The first-order valence-corrected chi connectivity index (χ1v) is 40.0. The minimum absolute atomic E-state index is 0.0195. The first-order chi connectivity index (χ1) is 48.7. The molecule has 5 saturated heterocycles. The van der Waals surface area contributed by atoms with Crippen LogP contribution in [0, 0.1) is 23.6 Å². The highest BCUT2D eigenvalue weighted by atomic mass is 32.2. The Morgan fingerprint density at radius 2 is 1.12 bits per heavy atom. The van der Waals surface area contributed by atoms with Gasteiger partial charge in [-0.3, -0.25) is 14.4 Å². The molecule has 6 aromatic rings. The number of aromatic nitrogens is 6. The maximum atomic E-state index is 15.0. The molecule has 1 saturated carbocycles. The van der Waals surface area contributed by atoms with Crippen molar-refractivity contribution in [1.82, 2.24) is 34.6 Å². The number of ketones is 2. The number of pyridine rings is 6. The molecule has 11 heterocycles. The summed E-state index contributed by atoms with van der Waals surface area (Å²) in [7, 11) is -12.5. The fraction of sp³-hybridized carbons (Fsp3) is 0.548. The number of nitrogens with two attached hydrogens (primary N) is 1. The summed E-state index contributed by atoms with van der Waals surface area (Å²) in [4.78, 5) is 72.1. The first-order valence-electron chi connectivity index (χ1n) is 35.2. The van der Waals surface area contributed by atoms with Crippen LogP contribution in [0.15, 0.2) is 112 Å². The molecule has 5 aliphatic heterocycles. The molecule has 31 heteroatoms. The summed E-state index contributed by atoms with van der Waals surface area (Å²) in [5.41, 5.74) is 4.72. The third-order valence-corrected chi connectivity index (χ3v) is 24.1. The van der Waals surface area contributed by atoms with E-state index in [2.05, 4.69) is 90.2 Å². The summed E-state index contributed by atoms with van der Waals surface area (Å²) in [6.07, 6.45) is 8.34. The SMILES string of the molecule is CC1CN(c2ncccc2C(=O)CS(=O)(=O)c2cccc(N3CCCC3C(F)(F)F)n2)C(C)(C)C1.CC1CN(c2ncccc2C(=O)CS(=O)(=O)c2cccc(OC3(C)CCCCCC3)n2)C(C)(C)C1.C[C@@H]1CN(c2nc(O[C@H]3CCOC3)c(F)cc2C(=O)NS(=O)(=O)c2cccc(N)n2)C(C)(C)C1. The van der Waals surface area contributed by atoms with Crippen molar-refractivity contribution in [2.75, 3.05) is 76.2 Å². The minimum atomic E-state index is -4.44. The lowest BCUT2D eigenvalue weighted by molar-refractivity contribution is -0.146. The quantitative estimate of drug-likeness (QED) is 0.0432. The van der Waals surface area contributed by atoms with Gasteiger partial charge in [0, 0.05) is 67.7 Å². The van der Waals surface area contributed by atoms with Gasteiger partial charge in [0.05, 0.1) is 29.9 Å². The van der Waals surface area contributed by atoms with Crippen LogP contribution in [0.25, 0.3) is 0 Å². The summed E-state index contributed by atoms with van der Waals surface area (Å²) in [5.74, 6) is -2.31. The number of rotatable bonds is 19. The molecule has 564 valence electrons. The number of carbonyl (C=O) groups excluding carboxylic acids is 3. The van der Waals surface area contributed by atoms with Crippen molar-refractivity contribution in [3.05, 3.63) is 120 Å². The van der Waals surface area contributed by atoms with E-state index in [1.807, 2.05) is 28.4 Å². The van der Waals surface area contributed by atoms with Crippen LogP contribution in [0.1, 0.15) is 177 Å². The highest BCUT2D eigenvalue weighted by molar-refractivity contribution is 7.92. The van der Waals surface area contributed by atoms with Gasteiger partial charge in [-0.25, -0.2) is 50.9 Å². The number of amides is 1. The average molecular weight is 1500 g/mol. The molecule has 0 radical (unpaired) electrons. The Bertz CT molecular complexity index is 4480. The number of hydrogen-bond donors (Lipinski definition) is 2. The number of sulfonamides is 1. The third-order valence-electron chi connectivity index (χ3n) is 19.9. The molecule has 6 fully saturated rings. The van der Waals surface area contributed by atoms with E-state index in [0.717, 1.165) is 62.5 Å². The molecular formula is C73H94F4N12O12S3. The number of hydrogen-bond acceptors (Lipinski definition) is 23. The van der Waals surface area contributed by atoms with Crippen molar-refractivity contribution in [3.63, 3.8) is 0 Å². The van der Waals surface area contributed by atoms with E-state index in [0.29, 0.717) is 68.2 Å². The number of ether oxygens (including phenoxy) is 3. The predicted octanol–water partition coefficient (Wildman–Crippen LogP) is 11.6. The molecule has 0 aromatic carbocycles. The number of nitrogen functional groups attached to an aromatic ring is 1. The number of alkyl halides is 3. The maximum Gasteiger partial charge on any atom is 0.408 e. The Labute approximate surface area is 606 Å². The highest BCUT2D eigenvalue weighted by Crippen LogP contribution is 2.43. The average Bonchev–Trinajstić information content (AvgIpc) is 1.57. The normalized spacial score (nSPS) is 22.2. The smallest absolute Gasteiger partial charge is 0.408 e. The van der Waals surface area contributed by atoms with Gasteiger partial charge in [-0.15, -0.1) is 0 Å². The van der Waals surface area contributed by atoms with Crippen molar-refractivity contribution >= 4 is 76.3 Å². The van der Waals surface area contributed by atoms with Crippen molar-refractivity contribution in [2.24, 2.45) is 17.8 Å². The number of anilines is 5. The van der Waals surface area contributed by atoms with E-state index < -0.39 is 92.3 Å². The zero-order valence-electron chi connectivity index (χ0n) is 60.5. The van der Waals surface area contributed by atoms with E-state index >= 15 is 4.39 Å². The van der Waals surface area contributed by atoms with Gasteiger partial charge >= 0.3 is 6.18 Å². The molecule has 24 nitrogen and oxygen atoms in total. The number of sulfone groups is 2. The van der Waals surface area contributed by atoms with Crippen LogP contribution >= 0.6 is 0 Å². The number of halogens is 4. The lowest BCUT2D eigenvalue weighted by Crippen LogP contribution is -2.41. The summed E-state index contributed by atoms with van der Waals surface area (Å²) in [6.45, 7) is 23.7. The number of carbonyl (C=O) groups is 3. The summed E-state index contributed by atoms with van der Waals surface area (Å²) in [6, 6.07) is 18.4. The second-order valence-electron chi connectivity index (χ2n) is 30.4. The van der Waals surface area contributed by atoms with Crippen molar-refractivity contribution in [3.8, 4) is 11.8 Å². The second kappa shape index (κ2) is 31.1. The molecule has 3 unspecified atom stereocenters. The Morgan fingerprint density at radius 1 is 0.615 bits per heavy atom. The fourth-order valence-corrected chi connectivity index (χ4v) is 18.5. The van der Waals surface area contributed by atoms with Gasteiger partial charge in [0.2, 0.25) is 25.6 Å². The van der Waals surface area contributed by atoms with Crippen LogP contribution in [-0.2, 0) is 34.4 Å². The van der Waals surface area contributed by atoms with Gasteiger partial charge < -0.3 is 39.5 Å². The molecule has 0 spiro atoms. The molecule has 1 aliphatic carbocycles. The number of Topliss-reactive ketones (excluding diaryl/α,β-unsaturated/α-hetero) is 2. The van der Waals surface area contributed by atoms with E-state index in [9.17, 15) is 52.8 Å². The van der Waals surface area contributed by atoms with Gasteiger partial charge in [-0.2, -0.15) is 26.6 Å². The maximum absolute atomic E-state index is 15.0. The Morgan fingerprint density at radius 3 is 1.62 bits per heavy atom. The summed E-state index contributed by atoms with van der Waals surface area (Å²) in [5, 5.41) is -0.981. The second-order valence-corrected chi connectivity index (χ2v) is 35.9. The molecule has 3 N–H and O–H groups in total. The van der Waals surface area contributed by atoms with E-state index in [1.54, 1.807) is 48.8 Å². The first kappa shape index (κ1) is 78.4. The van der Waals surface area contributed by atoms with E-state index in [-0.39, 0.29) is 87.0 Å². The van der Waals surface area contributed by atoms with E-state index in [4.69, 9.17) is 19.9 Å². The van der Waals surface area contributed by atoms with Crippen LogP contribution < -0.4 is 39.5 Å². The monoisotopic (exact) mass is 1500 g/mol.